The number of fused-ring (bicyclic) bond motifs is 1. The summed E-state index contributed by atoms with van der Waals surface area (Å²) in [6, 6.07) is 12.4. The van der Waals surface area contributed by atoms with Gasteiger partial charge in [-0.2, -0.15) is 0 Å². The van der Waals surface area contributed by atoms with Crippen LogP contribution in [0.1, 0.15) is 5.69 Å². The normalized spacial score (nSPS) is 10.7. The minimum absolute atomic E-state index is 0.124. The smallest absolute Gasteiger partial charge is 0.230 e. The highest BCUT2D eigenvalue weighted by molar-refractivity contribution is 6.33. The zero-order chi connectivity index (χ0) is 14.8. The first-order valence-electron chi connectivity index (χ1n) is 6.31. The number of hydrogen-bond acceptors (Lipinski definition) is 4. The van der Waals surface area contributed by atoms with Gasteiger partial charge in [-0.25, -0.2) is 0 Å². The van der Waals surface area contributed by atoms with Crippen LogP contribution in [-0.2, 0) is 11.2 Å². The van der Waals surface area contributed by atoms with Crippen molar-refractivity contribution in [1.82, 2.24) is 5.16 Å². The van der Waals surface area contributed by atoms with E-state index in [1.807, 2.05) is 24.3 Å². The average molecular weight is 302 g/mol. The second kappa shape index (κ2) is 5.46. The van der Waals surface area contributed by atoms with Gasteiger partial charge in [0.15, 0.2) is 5.58 Å². The number of nitrogen functional groups attached to an aromatic ring is 1. The zero-order valence-electron chi connectivity index (χ0n) is 11.0. The Balaban J connectivity index is 1.75. The lowest BCUT2D eigenvalue weighted by Crippen LogP contribution is -2.14. The first-order chi connectivity index (χ1) is 10.1. The maximum Gasteiger partial charge on any atom is 0.230 e. The fourth-order valence-corrected chi connectivity index (χ4v) is 2.21. The van der Waals surface area contributed by atoms with Crippen LogP contribution in [0.5, 0.6) is 0 Å². The van der Waals surface area contributed by atoms with Crippen LogP contribution in [0, 0.1) is 0 Å². The molecule has 0 radical (unpaired) electrons. The van der Waals surface area contributed by atoms with Gasteiger partial charge in [-0.05, 0) is 30.3 Å². The maximum absolute atomic E-state index is 12.1. The Morgan fingerprint density at radius 3 is 2.90 bits per heavy atom. The molecule has 3 aromatic rings. The monoisotopic (exact) mass is 301 g/mol. The van der Waals surface area contributed by atoms with Gasteiger partial charge in [-0.15, -0.1) is 0 Å². The predicted octanol–water partition coefficient (Wildman–Crippen LogP) is 3.24. The molecule has 2 aromatic carbocycles. The molecule has 0 aliphatic rings. The number of aromatic nitrogens is 1. The van der Waals surface area contributed by atoms with E-state index in [2.05, 4.69) is 10.5 Å². The summed E-state index contributed by atoms with van der Waals surface area (Å²) >= 11 is 5.91. The molecule has 1 amide bonds. The molecular formula is C15H12ClN3O2. The summed E-state index contributed by atoms with van der Waals surface area (Å²) in [7, 11) is 0. The summed E-state index contributed by atoms with van der Waals surface area (Å²) in [5.74, 6) is -0.199. The van der Waals surface area contributed by atoms with Gasteiger partial charge in [-0.3, -0.25) is 4.79 Å². The van der Waals surface area contributed by atoms with Crippen LogP contribution in [0.4, 0.5) is 11.4 Å². The highest BCUT2D eigenvalue weighted by atomic mass is 35.5. The van der Waals surface area contributed by atoms with Crippen molar-refractivity contribution in [3.63, 3.8) is 0 Å². The second-order valence-corrected chi connectivity index (χ2v) is 4.99. The second-order valence-electron chi connectivity index (χ2n) is 4.59. The van der Waals surface area contributed by atoms with E-state index in [9.17, 15) is 4.79 Å². The molecule has 0 aliphatic heterocycles. The molecular weight excluding hydrogens is 290 g/mol. The lowest BCUT2D eigenvalue weighted by molar-refractivity contribution is -0.115. The summed E-state index contributed by atoms with van der Waals surface area (Å²) in [6.45, 7) is 0. The minimum Gasteiger partial charge on any atom is -0.398 e. The van der Waals surface area contributed by atoms with E-state index in [4.69, 9.17) is 21.9 Å². The van der Waals surface area contributed by atoms with E-state index < -0.39 is 0 Å². The lowest BCUT2D eigenvalue weighted by Gasteiger charge is -2.05. The van der Waals surface area contributed by atoms with Crippen molar-refractivity contribution in [2.24, 2.45) is 0 Å². The Labute approximate surface area is 125 Å². The largest absolute Gasteiger partial charge is 0.398 e. The maximum atomic E-state index is 12.1. The topological polar surface area (TPSA) is 81.1 Å². The van der Waals surface area contributed by atoms with Crippen molar-refractivity contribution in [1.29, 1.82) is 0 Å². The summed E-state index contributed by atoms with van der Waals surface area (Å²) in [5, 5.41) is 7.92. The molecule has 1 heterocycles. The molecule has 5 nitrogen and oxygen atoms in total. The van der Waals surface area contributed by atoms with Crippen LogP contribution < -0.4 is 11.1 Å². The molecule has 0 bridgehead atoms. The van der Waals surface area contributed by atoms with E-state index in [-0.39, 0.29) is 12.3 Å². The summed E-state index contributed by atoms with van der Waals surface area (Å²) in [4.78, 5) is 12.1. The molecule has 3 N–H and O–H groups in total. The van der Waals surface area contributed by atoms with Crippen molar-refractivity contribution >= 4 is 39.9 Å². The number of para-hydroxylation sites is 1. The number of nitrogens with zero attached hydrogens (tertiary/aromatic N) is 1. The average Bonchev–Trinajstić information content (AvgIpc) is 2.86. The van der Waals surface area contributed by atoms with E-state index in [0.717, 1.165) is 5.39 Å². The summed E-state index contributed by atoms with van der Waals surface area (Å²) < 4.78 is 5.17. The van der Waals surface area contributed by atoms with Crippen LogP contribution >= 0.6 is 11.6 Å². The van der Waals surface area contributed by atoms with Gasteiger partial charge >= 0.3 is 0 Å². The first-order valence-corrected chi connectivity index (χ1v) is 6.69. The molecule has 6 heteroatoms. The quantitative estimate of drug-likeness (QED) is 0.728. The van der Waals surface area contributed by atoms with Crippen molar-refractivity contribution in [3.05, 3.63) is 53.2 Å². The SMILES string of the molecule is Nc1ccc(NC(=O)Cc2noc3ccccc23)cc1Cl. The van der Waals surface area contributed by atoms with Gasteiger partial charge in [0.25, 0.3) is 0 Å². The Morgan fingerprint density at radius 2 is 2.10 bits per heavy atom. The summed E-state index contributed by atoms with van der Waals surface area (Å²) in [6.07, 6.45) is 0.124. The number of carbonyl (C=O) groups is 1. The Bertz CT molecular complexity index is 814. The van der Waals surface area contributed by atoms with Crippen molar-refractivity contribution in [2.45, 2.75) is 6.42 Å². The number of carbonyl (C=O) groups excluding carboxylic acids is 1. The molecule has 0 saturated heterocycles. The first kappa shape index (κ1) is 13.5. The highest BCUT2D eigenvalue weighted by Crippen LogP contribution is 2.23. The molecule has 0 saturated carbocycles. The fourth-order valence-electron chi connectivity index (χ4n) is 2.03. The number of amides is 1. The van der Waals surface area contributed by atoms with Gasteiger partial charge in [0, 0.05) is 11.1 Å². The number of hydrogen-bond donors (Lipinski definition) is 2. The standard InChI is InChI=1S/C15H12ClN3O2/c16-11-7-9(5-6-12(11)17)18-15(20)8-13-10-3-1-2-4-14(10)21-19-13/h1-7H,8,17H2,(H,18,20). The Morgan fingerprint density at radius 1 is 1.29 bits per heavy atom. The molecule has 106 valence electrons. The van der Waals surface area contributed by atoms with E-state index in [0.29, 0.717) is 27.7 Å². The number of halogens is 1. The third-order valence-corrected chi connectivity index (χ3v) is 3.39. The molecule has 21 heavy (non-hydrogen) atoms. The third kappa shape index (κ3) is 2.83. The Hall–Kier alpha value is -2.53. The Kier molecular flexibility index (Phi) is 3.50. The van der Waals surface area contributed by atoms with Crippen molar-refractivity contribution in [3.8, 4) is 0 Å². The zero-order valence-corrected chi connectivity index (χ0v) is 11.7. The number of rotatable bonds is 3. The van der Waals surface area contributed by atoms with Gasteiger partial charge in [0.1, 0.15) is 5.69 Å². The number of nitrogens with two attached hydrogens (primary N) is 1. The van der Waals surface area contributed by atoms with Crippen LogP contribution in [0.2, 0.25) is 5.02 Å². The third-order valence-electron chi connectivity index (χ3n) is 3.06. The molecule has 0 aliphatic carbocycles. The minimum atomic E-state index is -0.199. The fraction of sp³-hybridized carbons (Fsp3) is 0.0667. The molecule has 0 fully saturated rings. The van der Waals surface area contributed by atoms with Gasteiger partial charge in [-0.1, -0.05) is 28.9 Å². The molecule has 0 atom stereocenters. The number of benzene rings is 2. The lowest BCUT2D eigenvalue weighted by atomic mass is 10.1. The van der Waals surface area contributed by atoms with Crippen LogP contribution in [0.3, 0.4) is 0 Å². The number of nitrogens with one attached hydrogen (secondary N) is 1. The van der Waals surface area contributed by atoms with Gasteiger partial charge in [0.05, 0.1) is 17.1 Å². The summed E-state index contributed by atoms with van der Waals surface area (Å²) in [5.41, 5.74) is 7.95. The molecule has 1 aromatic heterocycles. The molecule has 0 spiro atoms. The van der Waals surface area contributed by atoms with E-state index in [1.165, 1.54) is 0 Å². The molecule has 3 rings (SSSR count). The van der Waals surface area contributed by atoms with Crippen LogP contribution in [0.15, 0.2) is 47.0 Å². The molecule has 0 unspecified atom stereocenters. The number of anilines is 2. The van der Waals surface area contributed by atoms with Crippen LogP contribution in [-0.4, -0.2) is 11.1 Å². The van der Waals surface area contributed by atoms with Gasteiger partial charge in [0.2, 0.25) is 5.91 Å². The predicted molar refractivity (Wildman–Crippen MR) is 82.2 cm³/mol. The van der Waals surface area contributed by atoms with E-state index in [1.54, 1.807) is 18.2 Å². The highest BCUT2D eigenvalue weighted by Gasteiger charge is 2.12. The van der Waals surface area contributed by atoms with Crippen LogP contribution in [0.25, 0.3) is 11.0 Å². The van der Waals surface area contributed by atoms with Gasteiger partial charge < -0.3 is 15.6 Å². The van der Waals surface area contributed by atoms with E-state index >= 15 is 0 Å². The van der Waals surface area contributed by atoms with Crippen molar-refractivity contribution < 1.29 is 9.32 Å². The van der Waals surface area contributed by atoms with Crippen molar-refractivity contribution in [2.75, 3.05) is 11.1 Å².